The number of nitrogens with one attached hydrogen (secondary N) is 2. The van der Waals surface area contributed by atoms with Gasteiger partial charge in [0.15, 0.2) is 11.5 Å². The molecule has 0 bridgehead atoms. The Morgan fingerprint density at radius 1 is 1.00 bits per heavy atom. The second-order valence-corrected chi connectivity index (χ2v) is 9.43. The number of anilines is 1. The van der Waals surface area contributed by atoms with Gasteiger partial charge in [0.2, 0.25) is 0 Å². The van der Waals surface area contributed by atoms with Crippen LogP contribution in [-0.4, -0.2) is 37.1 Å². The molecule has 0 atom stereocenters. The Hall–Kier alpha value is -4.05. The highest BCUT2D eigenvalue weighted by Crippen LogP contribution is 2.32. The molecule has 9 nitrogen and oxygen atoms in total. The van der Waals surface area contributed by atoms with Gasteiger partial charge in [-0.2, -0.15) is 0 Å². The molecule has 34 heavy (non-hydrogen) atoms. The lowest BCUT2D eigenvalue weighted by Crippen LogP contribution is -2.24. The van der Waals surface area contributed by atoms with E-state index in [0.717, 1.165) is 16.9 Å². The Labute approximate surface area is 196 Å². The summed E-state index contributed by atoms with van der Waals surface area (Å²) in [6.45, 7) is 1.06. The van der Waals surface area contributed by atoms with E-state index in [1.165, 1.54) is 12.1 Å². The number of para-hydroxylation sites is 2. The van der Waals surface area contributed by atoms with Gasteiger partial charge in [0.1, 0.15) is 19.0 Å². The van der Waals surface area contributed by atoms with E-state index >= 15 is 0 Å². The first-order chi connectivity index (χ1) is 16.4. The number of carbonyl (C=O) groups is 1. The van der Waals surface area contributed by atoms with Crippen LogP contribution in [0.4, 0.5) is 5.69 Å². The van der Waals surface area contributed by atoms with Crippen LogP contribution in [0.15, 0.2) is 71.6 Å². The zero-order valence-electron chi connectivity index (χ0n) is 18.3. The van der Waals surface area contributed by atoms with Crippen LogP contribution in [0.2, 0.25) is 0 Å². The minimum absolute atomic E-state index is 0.0565. The number of rotatable bonds is 6. The molecule has 0 saturated carbocycles. The largest absolute Gasteiger partial charge is 0.486 e. The SMILES string of the molecule is Cn1c(CNC(=O)c2ccc(NS(=O)(=O)c3ccc4c(c3)OCCO4)cc2)nc2ccccc21. The van der Waals surface area contributed by atoms with Crippen molar-refractivity contribution in [1.82, 2.24) is 14.9 Å². The summed E-state index contributed by atoms with van der Waals surface area (Å²) in [6, 6.07) is 18.4. The summed E-state index contributed by atoms with van der Waals surface area (Å²) in [4.78, 5) is 17.2. The second-order valence-electron chi connectivity index (χ2n) is 7.75. The Morgan fingerprint density at radius 3 is 2.50 bits per heavy atom. The lowest BCUT2D eigenvalue weighted by molar-refractivity contribution is 0.0949. The Balaban J connectivity index is 1.25. The lowest BCUT2D eigenvalue weighted by Gasteiger charge is -2.19. The molecule has 1 aliphatic rings. The molecule has 0 spiro atoms. The number of benzene rings is 3. The predicted molar refractivity (Wildman–Crippen MR) is 127 cm³/mol. The summed E-state index contributed by atoms with van der Waals surface area (Å²) in [5, 5.41) is 2.85. The summed E-state index contributed by atoms with van der Waals surface area (Å²) in [7, 11) is -1.94. The molecular weight excluding hydrogens is 456 g/mol. The molecule has 10 heteroatoms. The van der Waals surface area contributed by atoms with E-state index in [9.17, 15) is 13.2 Å². The third-order valence-corrected chi connectivity index (χ3v) is 6.89. The average molecular weight is 479 g/mol. The van der Waals surface area contributed by atoms with Gasteiger partial charge in [0, 0.05) is 24.4 Å². The van der Waals surface area contributed by atoms with Crippen LogP contribution in [0.25, 0.3) is 11.0 Å². The van der Waals surface area contributed by atoms with Gasteiger partial charge in [-0.25, -0.2) is 13.4 Å². The van der Waals surface area contributed by atoms with E-state index in [4.69, 9.17) is 9.47 Å². The Kier molecular flexibility index (Phi) is 5.58. The maximum Gasteiger partial charge on any atom is 0.262 e. The highest BCUT2D eigenvalue weighted by Gasteiger charge is 2.20. The molecule has 0 unspecified atom stereocenters. The first kappa shape index (κ1) is 21.8. The number of amides is 1. The predicted octanol–water partition coefficient (Wildman–Crippen LogP) is 3.08. The van der Waals surface area contributed by atoms with E-state index in [2.05, 4.69) is 15.0 Å². The Morgan fingerprint density at radius 2 is 1.74 bits per heavy atom. The second kappa shape index (κ2) is 8.71. The zero-order chi connectivity index (χ0) is 23.7. The van der Waals surface area contributed by atoms with Gasteiger partial charge >= 0.3 is 0 Å². The summed E-state index contributed by atoms with van der Waals surface area (Å²) in [5.74, 6) is 1.35. The molecule has 0 radical (unpaired) electrons. The number of aromatic nitrogens is 2. The van der Waals surface area contributed by atoms with Gasteiger partial charge in [0.05, 0.1) is 22.5 Å². The van der Waals surface area contributed by atoms with E-state index in [1.54, 1.807) is 30.3 Å². The molecule has 3 aromatic carbocycles. The summed E-state index contributed by atoms with van der Waals surface area (Å²) >= 11 is 0. The van der Waals surface area contributed by atoms with Crippen molar-refractivity contribution in [1.29, 1.82) is 0 Å². The molecule has 1 amide bonds. The molecule has 2 heterocycles. The summed E-state index contributed by atoms with van der Waals surface area (Å²) < 4.78 is 40.9. The molecule has 5 rings (SSSR count). The van der Waals surface area contributed by atoms with Crippen molar-refractivity contribution in [3.8, 4) is 11.5 Å². The van der Waals surface area contributed by atoms with Crippen molar-refractivity contribution in [3.63, 3.8) is 0 Å². The summed E-state index contributed by atoms with van der Waals surface area (Å²) in [5.41, 5.74) is 2.59. The average Bonchev–Trinajstić information content (AvgIpc) is 3.18. The number of nitrogens with zero attached hydrogens (tertiary/aromatic N) is 2. The molecule has 1 aliphatic heterocycles. The van der Waals surface area contributed by atoms with Crippen LogP contribution in [-0.2, 0) is 23.6 Å². The minimum atomic E-state index is -3.84. The first-order valence-electron chi connectivity index (χ1n) is 10.6. The van der Waals surface area contributed by atoms with Gasteiger partial charge in [0.25, 0.3) is 15.9 Å². The first-order valence-corrected chi connectivity index (χ1v) is 12.1. The van der Waals surface area contributed by atoms with Gasteiger partial charge in [-0.3, -0.25) is 9.52 Å². The monoisotopic (exact) mass is 478 g/mol. The number of hydrogen-bond donors (Lipinski definition) is 2. The van der Waals surface area contributed by atoms with Crippen molar-refractivity contribution in [2.24, 2.45) is 7.05 Å². The van der Waals surface area contributed by atoms with Crippen molar-refractivity contribution in [2.75, 3.05) is 17.9 Å². The standard InChI is InChI=1S/C24H22N4O5S/c1-28-20-5-3-2-4-19(20)26-23(28)15-25-24(29)16-6-8-17(9-7-16)27-34(30,31)18-10-11-21-22(14-18)33-13-12-32-21/h2-11,14,27H,12-13,15H2,1H3,(H,25,29). The highest BCUT2D eigenvalue weighted by molar-refractivity contribution is 7.92. The smallest absolute Gasteiger partial charge is 0.262 e. The normalized spacial score (nSPS) is 13.0. The highest BCUT2D eigenvalue weighted by atomic mass is 32.2. The number of ether oxygens (including phenoxy) is 2. The molecule has 4 aromatic rings. The number of hydrogen-bond acceptors (Lipinski definition) is 6. The number of aryl methyl sites for hydroxylation is 1. The van der Waals surface area contributed by atoms with Crippen molar-refractivity contribution >= 4 is 32.7 Å². The van der Waals surface area contributed by atoms with Crippen LogP contribution < -0.4 is 19.5 Å². The third kappa shape index (κ3) is 4.27. The zero-order valence-corrected chi connectivity index (χ0v) is 19.1. The number of imidazole rings is 1. The van der Waals surface area contributed by atoms with Gasteiger partial charge < -0.3 is 19.4 Å². The molecule has 0 aliphatic carbocycles. The molecule has 2 N–H and O–H groups in total. The topological polar surface area (TPSA) is 112 Å². The van der Waals surface area contributed by atoms with Crippen LogP contribution in [0.5, 0.6) is 11.5 Å². The quantitative estimate of drug-likeness (QED) is 0.441. The fourth-order valence-electron chi connectivity index (χ4n) is 3.71. The van der Waals surface area contributed by atoms with Gasteiger partial charge in [-0.1, -0.05) is 12.1 Å². The van der Waals surface area contributed by atoms with E-state index < -0.39 is 10.0 Å². The third-order valence-electron chi connectivity index (χ3n) is 5.51. The number of carbonyl (C=O) groups excluding carboxylic acids is 1. The Bertz CT molecular complexity index is 1480. The maximum atomic E-state index is 12.8. The molecule has 0 saturated heterocycles. The minimum Gasteiger partial charge on any atom is -0.486 e. The van der Waals surface area contributed by atoms with Crippen LogP contribution >= 0.6 is 0 Å². The van der Waals surface area contributed by atoms with Crippen molar-refractivity contribution in [2.45, 2.75) is 11.4 Å². The van der Waals surface area contributed by atoms with Crippen LogP contribution in [0, 0.1) is 0 Å². The number of sulfonamides is 1. The number of fused-ring (bicyclic) bond motifs is 2. The maximum absolute atomic E-state index is 12.8. The van der Waals surface area contributed by atoms with Gasteiger partial charge in [-0.05, 0) is 48.5 Å². The molecule has 174 valence electrons. The van der Waals surface area contributed by atoms with Crippen LogP contribution in [0.3, 0.4) is 0 Å². The fourth-order valence-corrected chi connectivity index (χ4v) is 4.78. The van der Waals surface area contributed by atoms with E-state index in [-0.39, 0.29) is 17.3 Å². The fraction of sp³-hybridized carbons (Fsp3) is 0.167. The lowest BCUT2D eigenvalue weighted by atomic mass is 10.2. The molecular formula is C24H22N4O5S. The molecule has 1 aromatic heterocycles. The summed E-state index contributed by atoms with van der Waals surface area (Å²) in [6.07, 6.45) is 0. The van der Waals surface area contributed by atoms with Gasteiger partial charge in [-0.15, -0.1) is 0 Å². The molecule has 0 fully saturated rings. The van der Waals surface area contributed by atoms with Crippen molar-refractivity contribution in [3.05, 3.63) is 78.1 Å². The van der Waals surface area contributed by atoms with Crippen LogP contribution in [0.1, 0.15) is 16.2 Å². The van der Waals surface area contributed by atoms with E-state index in [0.29, 0.717) is 36.0 Å². The van der Waals surface area contributed by atoms with Crippen molar-refractivity contribution < 1.29 is 22.7 Å². The van der Waals surface area contributed by atoms with E-state index in [1.807, 2.05) is 35.9 Å².